The number of anilines is 1. The number of hydrogen-bond donors (Lipinski definition) is 1. The molecule has 0 radical (unpaired) electrons. The normalized spacial score (nSPS) is 10.6. The van der Waals surface area contributed by atoms with Gasteiger partial charge in [-0.25, -0.2) is 4.98 Å². The molecular formula is C22H22ClN3O2S. The number of hydrogen-bond acceptors (Lipinski definition) is 4. The van der Waals surface area contributed by atoms with Crippen molar-refractivity contribution in [2.24, 2.45) is 0 Å². The zero-order chi connectivity index (χ0) is 20.8. The van der Waals surface area contributed by atoms with Gasteiger partial charge in [-0.15, -0.1) is 11.3 Å². The Kier molecular flexibility index (Phi) is 7.01. The maximum atomic E-state index is 12.5. The molecular weight excluding hydrogens is 406 g/mol. The third kappa shape index (κ3) is 5.43. The van der Waals surface area contributed by atoms with Crippen LogP contribution in [0.3, 0.4) is 0 Å². The van der Waals surface area contributed by atoms with Crippen LogP contribution >= 0.6 is 22.9 Å². The highest BCUT2D eigenvalue weighted by atomic mass is 35.5. The molecule has 3 aromatic rings. The summed E-state index contributed by atoms with van der Waals surface area (Å²) in [5.74, 6) is -0.219. The fourth-order valence-electron chi connectivity index (χ4n) is 2.91. The Morgan fingerprint density at radius 3 is 2.52 bits per heavy atom. The monoisotopic (exact) mass is 427 g/mol. The van der Waals surface area contributed by atoms with Gasteiger partial charge in [0.1, 0.15) is 5.01 Å². The van der Waals surface area contributed by atoms with E-state index in [2.05, 4.69) is 10.3 Å². The topological polar surface area (TPSA) is 62.3 Å². The second kappa shape index (κ2) is 9.67. The quantitative estimate of drug-likeness (QED) is 0.568. The summed E-state index contributed by atoms with van der Waals surface area (Å²) in [5, 5.41) is 6.25. The number of halogens is 1. The summed E-state index contributed by atoms with van der Waals surface area (Å²) in [6.07, 6.45) is 0.165. The number of rotatable bonds is 7. The highest BCUT2D eigenvalue weighted by Gasteiger charge is 2.14. The van der Waals surface area contributed by atoms with Gasteiger partial charge in [0.15, 0.2) is 0 Å². The molecule has 7 heteroatoms. The Morgan fingerprint density at radius 2 is 1.83 bits per heavy atom. The Bertz CT molecular complexity index is 997. The molecule has 0 spiro atoms. The summed E-state index contributed by atoms with van der Waals surface area (Å²) in [5.41, 5.74) is 2.83. The van der Waals surface area contributed by atoms with Gasteiger partial charge in [-0.1, -0.05) is 29.8 Å². The number of aromatic nitrogens is 1. The van der Waals surface area contributed by atoms with E-state index in [1.807, 2.05) is 43.5 Å². The summed E-state index contributed by atoms with van der Waals surface area (Å²) in [6, 6.07) is 14.5. The Hall–Kier alpha value is -2.70. The van der Waals surface area contributed by atoms with Crippen molar-refractivity contribution in [3.63, 3.8) is 0 Å². The van der Waals surface area contributed by atoms with Gasteiger partial charge in [0.05, 0.1) is 12.1 Å². The molecule has 150 valence electrons. The average Bonchev–Trinajstić information content (AvgIpc) is 3.17. The summed E-state index contributed by atoms with van der Waals surface area (Å²) in [7, 11) is 0. The van der Waals surface area contributed by atoms with Crippen LogP contribution in [0, 0.1) is 0 Å². The van der Waals surface area contributed by atoms with Crippen molar-refractivity contribution in [3.8, 4) is 10.6 Å². The van der Waals surface area contributed by atoms with Crippen molar-refractivity contribution >= 4 is 40.4 Å². The zero-order valence-electron chi connectivity index (χ0n) is 16.3. The van der Waals surface area contributed by atoms with Crippen LogP contribution in [0.2, 0.25) is 5.02 Å². The summed E-state index contributed by atoms with van der Waals surface area (Å²) < 4.78 is 0. The number of amides is 2. The number of carbonyl (C=O) groups is 2. The van der Waals surface area contributed by atoms with Crippen molar-refractivity contribution in [2.45, 2.75) is 20.3 Å². The third-order valence-corrected chi connectivity index (χ3v) is 5.62. The highest BCUT2D eigenvalue weighted by Crippen LogP contribution is 2.25. The van der Waals surface area contributed by atoms with Gasteiger partial charge in [0, 0.05) is 40.3 Å². The van der Waals surface area contributed by atoms with Crippen molar-refractivity contribution in [1.29, 1.82) is 0 Å². The molecule has 1 heterocycles. The SMILES string of the molecule is CCN(CC)C(=O)c1cccc(NC(=O)Cc2csc(-c3ccc(Cl)cc3)n2)c1. The van der Waals surface area contributed by atoms with E-state index in [1.54, 1.807) is 29.2 Å². The van der Waals surface area contributed by atoms with Crippen LogP contribution in [0.4, 0.5) is 5.69 Å². The molecule has 2 aromatic carbocycles. The fraction of sp³-hybridized carbons (Fsp3) is 0.227. The third-order valence-electron chi connectivity index (χ3n) is 4.43. The number of carbonyl (C=O) groups excluding carboxylic acids is 2. The average molecular weight is 428 g/mol. The van der Waals surface area contributed by atoms with Crippen molar-refractivity contribution < 1.29 is 9.59 Å². The molecule has 0 aliphatic rings. The minimum Gasteiger partial charge on any atom is -0.339 e. The lowest BCUT2D eigenvalue weighted by Crippen LogP contribution is -2.30. The van der Waals surface area contributed by atoms with Crippen LogP contribution in [-0.4, -0.2) is 34.8 Å². The lowest BCUT2D eigenvalue weighted by molar-refractivity contribution is -0.115. The van der Waals surface area contributed by atoms with E-state index in [0.717, 1.165) is 10.6 Å². The van der Waals surface area contributed by atoms with E-state index < -0.39 is 0 Å². The maximum absolute atomic E-state index is 12.5. The van der Waals surface area contributed by atoms with Crippen LogP contribution in [0.15, 0.2) is 53.9 Å². The van der Waals surface area contributed by atoms with Gasteiger partial charge in [-0.05, 0) is 44.2 Å². The highest BCUT2D eigenvalue weighted by molar-refractivity contribution is 7.13. The lowest BCUT2D eigenvalue weighted by atomic mass is 10.1. The van der Waals surface area contributed by atoms with Gasteiger partial charge in [-0.2, -0.15) is 0 Å². The minimum atomic E-state index is -0.176. The van der Waals surface area contributed by atoms with E-state index in [9.17, 15) is 9.59 Å². The van der Waals surface area contributed by atoms with Crippen LogP contribution in [0.5, 0.6) is 0 Å². The van der Waals surface area contributed by atoms with Crippen LogP contribution in [0.25, 0.3) is 10.6 Å². The van der Waals surface area contributed by atoms with Gasteiger partial charge in [0.25, 0.3) is 5.91 Å². The molecule has 0 saturated heterocycles. The summed E-state index contributed by atoms with van der Waals surface area (Å²) in [4.78, 5) is 31.2. The predicted molar refractivity (Wildman–Crippen MR) is 119 cm³/mol. The summed E-state index contributed by atoms with van der Waals surface area (Å²) >= 11 is 7.41. The van der Waals surface area contributed by atoms with Crippen molar-refractivity contribution in [3.05, 3.63) is 70.2 Å². The largest absolute Gasteiger partial charge is 0.339 e. The second-order valence-corrected chi connectivity index (χ2v) is 7.73. The van der Waals surface area contributed by atoms with Crippen LogP contribution < -0.4 is 5.32 Å². The first-order valence-electron chi connectivity index (χ1n) is 9.39. The molecule has 0 aliphatic heterocycles. The van der Waals surface area contributed by atoms with Gasteiger partial charge < -0.3 is 10.2 Å². The molecule has 0 unspecified atom stereocenters. The van der Waals surface area contributed by atoms with Gasteiger partial charge >= 0.3 is 0 Å². The van der Waals surface area contributed by atoms with Crippen molar-refractivity contribution in [2.75, 3.05) is 18.4 Å². The molecule has 1 aromatic heterocycles. The Balaban J connectivity index is 1.65. The predicted octanol–water partition coefficient (Wildman–Crippen LogP) is 5.13. The molecule has 0 atom stereocenters. The Labute approximate surface area is 179 Å². The minimum absolute atomic E-state index is 0.0433. The first kappa shape index (κ1) is 21.0. The van der Waals surface area contributed by atoms with E-state index in [-0.39, 0.29) is 18.2 Å². The number of nitrogens with zero attached hydrogens (tertiary/aromatic N) is 2. The van der Waals surface area contributed by atoms with Gasteiger partial charge in [0.2, 0.25) is 5.91 Å². The lowest BCUT2D eigenvalue weighted by Gasteiger charge is -2.19. The first-order valence-corrected chi connectivity index (χ1v) is 10.7. The summed E-state index contributed by atoms with van der Waals surface area (Å²) in [6.45, 7) is 5.18. The molecule has 29 heavy (non-hydrogen) atoms. The molecule has 5 nitrogen and oxygen atoms in total. The zero-order valence-corrected chi connectivity index (χ0v) is 17.9. The maximum Gasteiger partial charge on any atom is 0.253 e. The van der Waals surface area contributed by atoms with Gasteiger partial charge in [-0.3, -0.25) is 9.59 Å². The second-order valence-electron chi connectivity index (χ2n) is 6.43. The number of benzene rings is 2. The van der Waals surface area contributed by atoms with E-state index in [1.165, 1.54) is 11.3 Å². The van der Waals surface area contributed by atoms with Crippen LogP contribution in [0.1, 0.15) is 29.9 Å². The molecule has 0 fully saturated rings. The Morgan fingerprint density at radius 1 is 1.10 bits per heavy atom. The van der Waals surface area contributed by atoms with Crippen molar-refractivity contribution in [1.82, 2.24) is 9.88 Å². The first-order chi connectivity index (χ1) is 14.0. The van der Waals surface area contributed by atoms with E-state index in [0.29, 0.717) is 35.1 Å². The standard InChI is InChI=1S/C22H22ClN3O2S/c1-3-26(4-2)22(28)16-6-5-7-18(12-16)24-20(27)13-19-14-29-21(25-19)15-8-10-17(23)11-9-15/h5-12,14H,3-4,13H2,1-2H3,(H,24,27). The molecule has 2 amide bonds. The van der Waals surface area contributed by atoms with E-state index >= 15 is 0 Å². The molecule has 0 aliphatic carbocycles. The fourth-order valence-corrected chi connectivity index (χ4v) is 3.86. The van der Waals surface area contributed by atoms with Crippen LogP contribution in [-0.2, 0) is 11.2 Å². The number of nitrogens with one attached hydrogen (secondary N) is 1. The molecule has 0 bridgehead atoms. The van der Waals surface area contributed by atoms with E-state index in [4.69, 9.17) is 11.6 Å². The molecule has 0 saturated carbocycles. The smallest absolute Gasteiger partial charge is 0.253 e. The molecule has 1 N–H and O–H groups in total. The molecule has 3 rings (SSSR count). The number of thiazole rings is 1.